The maximum atomic E-state index is 13.5. The summed E-state index contributed by atoms with van der Waals surface area (Å²) in [6, 6.07) is 8.26. The van der Waals surface area contributed by atoms with Crippen molar-refractivity contribution in [1.82, 2.24) is 9.80 Å². The molecule has 186 valence electrons. The first kappa shape index (κ1) is 21.0. The Bertz CT molecular complexity index is 1030. The second kappa shape index (κ2) is 7.47. The van der Waals surface area contributed by atoms with Crippen molar-refractivity contribution in [2.75, 3.05) is 51.3 Å². The van der Waals surface area contributed by atoms with Gasteiger partial charge in [-0.1, -0.05) is 12.1 Å². The van der Waals surface area contributed by atoms with Crippen LogP contribution in [0, 0.1) is 59.2 Å². The number of hydrogen-bond donors (Lipinski definition) is 0. The molecule has 2 heterocycles. The number of unbranched alkanes of at least 4 members (excludes halogenated alkanes) is 1. The molecule has 6 aliphatic carbocycles. The molecule has 35 heavy (non-hydrogen) atoms. The smallest absolute Gasteiger partial charge is 0.232 e. The lowest BCUT2D eigenvalue weighted by Crippen LogP contribution is -2.48. The fourth-order valence-electron chi connectivity index (χ4n) is 10.5. The summed E-state index contributed by atoms with van der Waals surface area (Å²) in [6.07, 6.45) is 4.29. The van der Waals surface area contributed by atoms with Gasteiger partial charge in [-0.3, -0.25) is 19.4 Å². The highest BCUT2D eigenvalue weighted by atomic mass is 16.5. The Balaban J connectivity index is 0.845. The molecule has 2 saturated heterocycles. The molecular formula is C29H37N3O3. The highest BCUT2D eigenvalue weighted by Gasteiger charge is 2.83. The van der Waals surface area contributed by atoms with Crippen molar-refractivity contribution in [3.63, 3.8) is 0 Å². The lowest BCUT2D eigenvalue weighted by atomic mass is 9.76. The Labute approximate surface area is 208 Å². The fourth-order valence-corrected chi connectivity index (χ4v) is 10.5. The van der Waals surface area contributed by atoms with Crippen LogP contribution in [0.15, 0.2) is 24.3 Å². The van der Waals surface area contributed by atoms with Gasteiger partial charge in [-0.2, -0.15) is 0 Å². The monoisotopic (exact) mass is 475 g/mol. The van der Waals surface area contributed by atoms with E-state index in [9.17, 15) is 9.59 Å². The zero-order valence-electron chi connectivity index (χ0n) is 20.7. The summed E-state index contributed by atoms with van der Waals surface area (Å²) >= 11 is 0. The van der Waals surface area contributed by atoms with Crippen LogP contribution in [0.5, 0.6) is 5.75 Å². The van der Waals surface area contributed by atoms with Crippen molar-refractivity contribution in [3.8, 4) is 5.75 Å². The van der Waals surface area contributed by atoms with E-state index in [1.807, 2.05) is 12.1 Å². The van der Waals surface area contributed by atoms with Gasteiger partial charge in [0, 0.05) is 44.6 Å². The Morgan fingerprint density at radius 1 is 0.771 bits per heavy atom. The van der Waals surface area contributed by atoms with Gasteiger partial charge >= 0.3 is 0 Å². The second-order valence-corrected chi connectivity index (χ2v) is 12.5. The number of ether oxygens (including phenoxy) is 1. The number of fused-ring (bicyclic) bond motifs is 5. The first-order valence-corrected chi connectivity index (χ1v) is 14.1. The molecule has 6 heteroatoms. The third-order valence-electron chi connectivity index (χ3n) is 11.6. The number of carbonyl (C=O) groups is 2. The van der Waals surface area contributed by atoms with Crippen LogP contribution in [0.25, 0.3) is 0 Å². The largest absolute Gasteiger partial charge is 0.495 e. The number of benzene rings is 1. The van der Waals surface area contributed by atoms with Crippen LogP contribution >= 0.6 is 0 Å². The van der Waals surface area contributed by atoms with Crippen LogP contribution in [0.2, 0.25) is 0 Å². The van der Waals surface area contributed by atoms with Crippen LogP contribution < -0.4 is 9.64 Å². The lowest BCUT2D eigenvalue weighted by molar-refractivity contribution is -0.154. The summed E-state index contributed by atoms with van der Waals surface area (Å²) in [5, 5.41) is 0. The van der Waals surface area contributed by atoms with Crippen molar-refractivity contribution in [3.05, 3.63) is 24.3 Å². The van der Waals surface area contributed by atoms with Gasteiger partial charge in [-0.25, -0.2) is 0 Å². The van der Waals surface area contributed by atoms with Gasteiger partial charge in [0.1, 0.15) is 5.75 Å². The highest BCUT2D eigenvalue weighted by molar-refractivity contribution is 6.01. The Kier molecular flexibility index (Phi) is 4.49. The van der Waals surface area contributed by atoms with Crippen molar-refractivity contribution < 1.29 is 14.3 Å². The first-order chi connectivity index (χ1) is 17.2. The molecule has 2 amide bonds. The highest BCUT2D eigenvalue weighted by Crippen LogP contribution is 2.86. The number of rotatable bonds is 7. The average Bonchev–Trinajstić information content (AvgIpc) is 3.34. The molecule has 8 atom stereocenters. The van der Waals surface area contributed by atoms with E-state index < -0.39 is 0 Å². The van der Waals surface area contributed by atoms with Gasteiger partial charge in [-0.15, -0.1) is 0 Å². The molecule has 8 unspecified atom stereocenters. The lowest BCUT2D eigenvalue weighted by Gasteiger charge is -2.37. The molecule has 1 aromatic rings. The van der Waals surface area contributed by atoms with E-state index in [2.05, 4.69) is 21.9 Å². The van der Waals surface area contributed by atoms with Gasteiger partial charge < -0.3 is 9.64 Å². The minimum Gasteiger partial charge on any atom is -0.495 e. The third-order valence-corrected chi connectivity index (χ3v) is 11.6. The molecule has 0 spiro atoms. The van der Waals surface area contributed by atoms with Crippen molar-refractivity contribution in [1.29, 1.82) is 0 Å². The number of nitrogens with zero attached hydrogens (tertiary/aromatic N) is 3. The molecule has 1 aromatic carbocycles. The summed E-state index contributed by atoms with van der Waals surface area (Å²) in [5.41, 5.74) is 1.18. The molecule has 8 fully saturated rings. The normalized spacial score (nSPS) is 44.4. The van der Waals surface area contributed by atoms with Crippen LogP contribution in [-0.4, -0.2) is 68.0 Å². The number of piperazine rings is 1. The van der Waals surface area contributed by atoms with E-state index in [1.165, 1.54) is 12.1 Å². The van der Waals surface area contributed by atoms with Crippen LogP contribution in [0.3, 0.4) is 0 Å². The van der Waals surface area contributed by atoms with Crippen LogP contribution in [0.1, 0.15) is 25.7 Å². The number of anilines is 1. The molecule has 2 aliphatic heterocycles. The molecule has 0 radical (unpaired) electrons. The SMILES string of the molecule is COc1ccccc1N1CCN(CCCCN2C(=O)C3CC(C2=O)C2C3C3C4CC5C3C5C42)CC1. The van der Waals surface area contributed by atoms with Crippen LogP contribution in [-0.2, 0) is 9.59 Å². The quantitative estimate of drug-likeness (QED) is 0.448. The number of piperidine rings is 1. The molecule has 0 aromatic heterocycles. The second-order valence-electron chi connectivity index (χ2n) is 12.5. The maximum absolute atomic E-state index is 13.5. The number of methoxy groups -OCH3 is 1. The van der Waals surface area contributed by atoms with Gasteiger partial charge in [0.2, 0.25) is 11.8 Å². The van der Waals surface area contributed by atoms with E-state index in [-0.39, 0.29) is 23.7 Å². The van der Waals surface area contributed by atoms with Crippen LogP contribution in [0.4, 0.5) is 5.69 Å². The van der Waals surface area contributed by atoms with E-state index in [0.29, 0.717) is 18.4 Å². The van der Waals surface area contributed by atoms with Crippen molar-refractivity contribution in [2.45, 2.75) is 25.7 Å². The summed E-state index contributed by atoms with van der Waals surface area (Å²) in [7, 11) is 1.74. The standard InChI is InChI=1S/C29H37N3O3/c1-35-21-7-3-2-6-20(21)31-12-10-30(11-13-31)8-4-5-9-32-28(33)18-15-19(29(32)34)27-25-17-14-16-22(23(16)25)24(17)26(18)27/h2-3,6-7,16-19,22-27H,4-5,8-15H2,1H3. The summed E-state index contributed by atoms with van der Waals surface area (Å²) in [4.78, 5) is 33.6. The van der Waals surface area contributed by atoms with Crippen molar-refractivity contribution >= 4 is 17.5 Å². The molecular weight excluding hydrogens is 438 g/mol. The van der Waals surface area contributed by atoms with E-state index in [4.69, 9.17) is 4.74 Å². The van der Waals surface area contributed by atoms with Crippen molar-refractivity contribution in [2.24, 2.45) is 59.2 Å². The van der Waals surface area contributed by atoms with E-state index in [0.717, 1.165) is 93.2 Å². The fraction of sp³-hybridized carbons (Fsp3) is 0.724. The minimum atomic E-state index is 0.170. The predicted molar refractivity (Wildman–Crippen MR) is 132 cm³/mol. The molecule has 8 bridgehead atoms. The molecule has 6 nitrogen and oxygen atoms in total. The predicted octanol–water partition coefficient (Wildman–Crippen LogP) is 2.98. The number of para-hydroxylation sites is 2. The first-order valence-electron chi connectivity index (χ1n) is 14.1. The summed E-state index contributed by atoms with van der Waals surface area (Å²) in [6.45, 7) is 5.77. The molecule has 8 aliphatic rings. The summed E-state index contributed by atoms with van der Waals surface area (Å²) in [5.74, 6) is 8.18. The van der Waals surface area contributed by atoms with E-state index in [1.54, 1.807) is 12.0 Å². The Morgan fingerprint density at radius 3 is 2.00 bits per heavy atom. The number of imide groups is 1. The number of hydrogen-bond acceptors (Lipinski definition) is 5. The molecule has 0 N–H and O–H groups in total. The van der Waals surface area contributed by atoms with Gasteiger partial charge in [0.15, 0.2) is 0 Å². The molecule has 6 saturated carbocycles. The number of likely N-dealkylation sites (tertiary alicyclic amines) is 1. The minimum absolute atomic E-state index is 0.170. The number of carbonyl (C=O) groups excluding carboxylic acids is 2. The number of amides is 2. The van der Waals surface area contributed by atoms with Gasteiger partial charge in [0.05, 0.1) is 12.8 Å². The zero-order valence-corrected chi connectivity index (χ0v) is 20.7. The van der Waals surface area contributed by atoms with E-state index >= 15 is 0 Å². The summed E-state index contributed by atoms with van der Waals surface area (Å²) < 4.78 is 5.54. The zero-order chi connectivity index (χ0) is 23.4. The third kappa shape index (κ3) is 2.75. The Hall–Kier alpha value is -2.08. The topological polar surface area (TPSA) is 53.1 Å². The van der Waals surface area contributed by atoms with Gasteiger partial charge in [-0.05, 0) is 91.7 Å². The molecule has 9 rings (SSSR count). The van der Waals surface area contributed by atoms with Gasteiger partial charge in [0.25, 0.3) is 0 Å². The maximum Gasteiger partial charge on any atom is 0.232 e. The Morgan fingerprint density at radius 2 is 1.37 bits per heavy atom. The average molecular weight is 476 g/mol.